The lowest BCUT2D eigenvalue weighted by Crippen LogP contribution is -2.16. The van der Waals surface area contributed by atoms with Crippen LogP contribution in [0, 0.1) is 0 Å². The molecule has 16 heavy (non-hydrogen) atoms. The summed E-state index contributed by atoms with van der Waals surface area (Å²) in [7, 11) is 0. The Morgan fingerprint density at radius 2 is 2.06 bits per heavy atom. The summed E-state index contributed by atoms with van der Waals surface area (Å²) in [5, 5.41) is 0. The SMILES string of the molecule is NC(=O)Oc1cccc(OC2CC2(F)F)c1. The highest BCUT2D eigenvalue weighted by atomic mass is 19.3. The average molecular weight is 229 g/mol. The fourth-order valence-electron chi connectivity index (χ4n) is 1.21. The lowest BCUT2D eigenvalue weighted by Gasteiger charge is -2.06. The van der Waals surface area contributed by atoms with Crippen LogP contribution in [0.15, 0.2) is 24.3 Å². The molecule has 0 aromatic heterocycles. The highest BCUT2D eigenvalue weighted by Crippen LogP contribution is 2.44. The van der Waals surface area contributed by atoms with Gasteiger partial charge in [-0.25, -0.2) is 13.6 Å². The molecule has 0 saturated heterocycles. The highest BCUT2D eigenvalue weighted by Gasteiger charge is 2.59. The minimum atomic E-state index is -2.75. The van der Waals surface area contributed by atoms with Crippen LogP contribution in [0.4, 0.5) is 13.6 Å². The van der Waals surface area contributed by atoms with Gasteiger partial charge < -0.3 is 15.2 Å². The Morgan fingerprint density at radius 1 is 1.44 bits per heavy atom. The highest BCUT2D eigenvalue weighted by molar-refractivity contribution is 5.68. The van der Waals surface area contributed by atoms with Crippen LogP contribution < -0.4 is 15.2 Å². The van der Waals surface area contributed by atoms with Crippen molar-refractivity contribution in [2.24, 2.45) is 5.73 Å². The number of ether oxygens (including phenoxy) is 2. The molecule has 1 amide bonds. The monoisotopic (exact) mass is 229 g/mol. The topological polar surface area (TPSA) is 61.6 Å². The molecule has 1 aromatic rings. The van der Waals surface area contributed by atoms with Crippen molar-refractivity contribution < 1.29 is 23.0 Å². The van der Waals surface area contributed by atoms with Crippen molar-refractivity contribution >= 4 is 6.09 Å². The van der Waals surface area contributed by atoms with Crippen molar-refractivity contribution in [2.75, 3.05) is 0 Å². The summed E-state index contributed by atoms with van der Waals surface area (Å²) >= 11 is 0. The number of hydrogen-bond acceptors (Lipinski definition) is 3. The first-order valence-corrected chi connectivity index (χ1v) is 4.59. The molecule has 0 bridgehead atoms. The maximum absolute atomic E-state index is 12.6. The summed E-state index contributed by atoms with van der Waals surface area (Å²) in [6.07, 6.45) is -2.33. The van der Waals surface area contributed by atoms with E-state index < -0.39 is 18.1 Å². The molecule has 0 aliphatic heterocycles. The van der Waals surface area contributed by atoms with E-state index in [0.717, 1.165) is 0 Å². The zero-order valence-corrected chi connectivity index (χ0v) is 8.15. The van der Waals surface area contributed by atoms with Crippen LogP contribution in [0.5, 0.6) is 11.5 Å². The van der Waals surface area contributed by atoms with Gasteiger partial charge in [-0.15, -0.1) is 0 Å². The van der Waals surface area contributed by atoms with E-state index in [4.69, 9.17) is 10.5 Å². The van der Waals surface area contributed by atoms with Gasteiger partial charge in [-0.1, -0.05) is 6.07 Å². The molecule has 1 saturated carbocycles. The van der Waals surface area contributed by atoms with E-state index in [-0.39, 0.29) is 17.9 Å². The van der Waals surface area contributed by atoms with Gasteiger partial charge in [0.25, 0.3) is 5.92 Å². The molecule has 0 heterocycles. The molecule has 2 rings (SSSR count). The minimum absolute atomic E-state index is 0.161. The first kappa shape index (κ1) is 10.7. The predicted octanol–water partition coefficient (Wildman–Crippen LogP) is 1.93. The number of alkyl halides is 2. The lowest BCUT2D eigenvalue weighted by atomic mass is 10.3. The molecule has 0 radical (unpaired) electrons. The summed E-state index contributed by atoms with van der Waals surface area (Å²) in [5.41, 5.74) is 4.81. The Labute approximate surface area is 89.9 Å². The van der Waals surface area contributed by atoms with Crippen molar-refractivity contribution in [2.45, 2.75) is 18.4 Å². The number of carbonyl (C=O) groups excluding carboxylic acids is 1. The third-order valence-electron chi connectivity index (χ3n) is 2.07. The number of halogens is 2. The van der Waals surface area contributed by atoms with E-state index in [1.165, 1.54) is 24.3 Å². The quantitative estimate of drug-likeness (QED) is 0.861. The van der Waals surface area contributed by atoms with Crippen LogP contribution in [0.3, 0.4) is 0 Å². The molecule has 1 aromatic carbocycles. The van der Waals surface area contributed by atoms with Crippen molar-refractivity contribution in [1.82, 2.24) is 0 Å². The summed E-state index contributed by atoms with van der Waals surface area (Å²) in [6, 6.07) is 5.83. The van der Waals surface area contributed by atoms with Gasteiger partial charge in [0.1, 0.15) is 11.5 Å². The van der Waals surface area contributed by atoms with E-state index in [1.54, 1.807) is 0 Å². The smallest absolute Gasteiger partial charge is 0.409 e. The molecular formula is C10H9F2NO3. The van der Waals surface area contributed by atoms with Gasteiger partial charge in [0.05, 0.1) is 6.42 Å². The van der Waals surface area contributed by atoms with Crippen LogP contribution in [0.1, 0.15) is 6.42 Å². The molecule has 1 aliphatic rings. The molecule has 0 spiro atoms. The van der Waals surface area contributed by atoms with Crippen LogP contribution in [0.2, 0.25) is 0 Å². The molecule has 86 valence electrons. The Kier molecular flexibility index (Phi) is 2.41. The molecule has 1 fully saturated rings. The predicted molar refractivity (Wildman–Crippen MR) is 50.6 cm³/mol. The van der Waals surface area contributed by atoms with Gasteiger partial charge in [-0.2, -0.15) is 0 Å². The second kappa shape index (κ2) is 3.62. The lowest BCUT2D eigenvalue weighted by molar-refractivity contribution is 0.0664. The molecule has 2 N–H and O–H groups in total. The molecule has 1 atom stereocenters. The van der Waals surface area contributed by atoms with E-state index in [2.05, 4.69) is 4.74 Å². The summed E-state index contributed by atoms with van der Waals surface area (Å²) in [5.74, 6) is -2.37. The molecule has 1 aliphatic carbocycles. The van der Waals surface area contributed by atoms with Crippen molar-refractivity contribution in [3.8, 4) is 11.5 Å². The van der Waals surface area contributed by atoms with Crippen LogP contribution in [0.25, 0.3) is 0 Å². The maximum atomic E-state index is 12.6. The zero-order valence-electron chi connectivity index (χ0n) is 8.15. The summed E-state index contributed by atoms with van der Waals surface area (Å²) in [4.78, 5) is 10.5. The van der Waals surface area contributed by atoms with E-state index >= 15 is 0 Å². The van der Waals surface area contributed by atoms with Gasteiger partial charge in [0.15, 0.2) is 6.10 Å². The van der Waals surface area contributed by atoms with Crippen LogP contribution in [-0.4, -0.2) is 18.1 Å². The van der Waals surface area contributed by atoms with Crippen LogP contribution >= 0.6 is 0 Å². The Morgan fingerprint density at radius 3 is 2.62 bits per heavy atom. The normalized spacial score (nSPS) is 21.2. The third-order valence-corrected chi connectivity index (χ3v) is 2.07. The van der Waals surface area contributed by atoms with Gasteiger partial charge in [0, 0.05) is 6.07 Å². The Hall–Kier alpha value is -1.85. The standard InChI is InChI=1S/C10H9F2NO3/c11-10(12)5-8(10)15-6-2-1-3-7(4-6)16-9(13)14/h1-4,8H,5H2,(H2,13,14). The van der Waals surface area contributed by atoms with Crippen LogP contribution in [-0.2, 0) is 0 Å². The second-order valence-corrected chi connectivity index (χ2v) is 3.47. The number of carbonyl (C=O) groups is 1. The average Bonchev–Trinajstić information content (AvgIpc) is 2.72. The van der Waals surface area contributed by atoms with Crippen molar-refractivity contribution in [3.05, 3.63) is 24.3 Å². The summed E-state index contributed by atoms with van der Waals surface area (Å²) in [6.45, 7) is 0. The van der Waals surface area contributed by atoms with Gasteiger partial charge >= 0.3 is 6.09 Å². The fourth-order valence-corrected chi connectivity index (χ4v) is 1.21. The fraction of sp³-hybridized carbons (Fsp3) is 0.300. The molecule has 1 unspecified atom stereocenters. The van der Waals surface area contributed by atoms with Crippen molar-refractivity contribution in [1.29, 1.82) is 0 Å². The number of primary amides is 1. The number of amides is 1. The summed E-state index contributed by atoms with van der Waals surface area (Å²) < 4.78 is 34.7. The van der Waals surface area contributed by atoms with E-state index in [0.29, 0.717) is 0 Å². The Bertz CT molecular complexity index is 422. The van der Waals surface area contributed by atoms with Gasteiger partial charge in [0.2, 0.25) is 0 Å². The van der Waals surface area contributed by atoms with E-state index in [9.17, 15) is 13.6 Å². The zero-order chi connectivity index (χ0) is 11.8. The molecular weight excluding hydrogens is 220 g/mol. The van der Waals surface area contributed by atoms with E-state index in [1.807, 2.05) is 0 Å². The first-order chi connectivity index (χ1) is 7.47. The molecule has 6 heteroatoms. The number of hydrogen-bond donors (Lipinski definition) is 1. The maximum Gasteiger partial charge on any atom is 0.409 e. The largest absolute Gasteiger partial charge is 0.484 e. The Balaban J connectivity index is 2.02. The first-order valence-electron chi connectivity index (χ1n) is 4.59. The number of nitrogens with two attached hydrogens (primary N) is 1. The van der Waals surface area contributed by atoms with Gasteiger partial charge in [-0.05, 0) is 12.1 Å². The third kappa shape index (κ3) is 2.39. The minimum Gasteiger partial charge on any atom is -0.484 e. The second-order valence-electron chi connectivity index (χ2n) is 3.47. The number of rotatable bonds is 3. The van der Waals surface area contributed by atoms with Crippen molar-refractivity contribution in [3.63, 3.8) is 0 Å². The number of benzene rings is 1. The molecule has 4 nitrogen and oxygen atoms in total. The van der Waals surface area contributed by atoms with Gasteiger partial charge in [-0.3, -0.25) is 0 Å².